The van der Waals surface area contributed by atoms with E-state index >= 15 is 0 Å². The molecule has 1 heterocycles. The Morgan fingerprint density at radius 3 is 2.53 bits per heavy atom. The van der Waals surface area contributed by atoms with Gasteiger partial charge in [0.1, 0.15) is 6.10 Å². The third-order valence-corrected chi connectivity index (χ3v) is 5.13. The Hall–Kier alpha value is 0.130. The van der Waals surface area contributed by atoms with Gasteiger partial charge < -0.3 is 5.11 Å². The van der Waals surface area contributed by atoms with Gasteiger partial charge in [-0.1, -0.05) is 17.7 Å². The van der Waals surface area contributed by atoms with Gasteiger partial charge in [0.05, 0.1) is 7.57 Å². The molecule has 0 amide bonds. The third-order valence-electron chi connectivity index (χ3n) is 2.51. The highest BCUT2D eigenvalue weighted by atomic mass is 79.9. The molecule has 0 radical (unpaired) electrons. The summed E-state index contributed by atoms with van der Waals surface area (Å²) in [6.45, 7) is 1.96. The number of hydrogen-bond acceptors (Lipinski definition) is 2. The highest BCUT2D eigenvalue weighted by Gasteiger charge is 2.18. The average Bonchev–Trinajstić information content (AvgIpc) is 2.60. The van der Waals surface area contributed by atoms with Crippen molar-refractivity contribution in [3.8, 4) is 0 Å². The fourth-order valence-electron chi connectivity index (χ4n) is 1.61. The Kier molecular flexibility index (Phi) is 4.31. The Labute approximate surface area is 126 Å². The minimum absolute atomic E-state index is 0.634. The van der Waals surface area contributed by atoms with Crippen LogP contribution in [0.2, 0.25) is 5.02 Å². The summed E-state index contributed by atoms with van der Waals surface area (Å²) in [5.74, 6) is 0. The van der Waals surface area contributed by atoms with Crippen LogP contribution in [0.1, 0.15) is 22.8 Å². The van der Waals surface area contributed by atoms with Crippen molar-refractivity contribution in [3.63, 3.8) is 0 Å². The van der Waals surface area contributed by atoms with E-state index in [4.69, 9.17) is 11.6 Å². The summed E-state index contributed by atoms with van der Waals surface area (Å²) in [7, 11) is 0. The van der Waals surface area contributed by atoms with E-state index < -0.39 is 6.10 Å². The summed E-state index contributed by atoms with van der Waals surface area (Å²) in [4.78, 5) is 0. The molecule has 2 aromatic rings. The molecule has 1 nitrogen and oxygen atoms in total. The quantitative estimate of drug-likeness (QED) is 0.729. The van der Waals surface area contributed by atoms with Gasteiger partial charge in [0.15, 0.2) is 0 Å². The third kappa shape index (κ3) is 2.93. The molecule has 5 heteroatoms. The minimum Gasteiger partial charge on any atom is -0.384 e. The summed E-state index contributed by atoms with van der Waals surface area (Å²) in [5, 5.41) is 11.0. The summed E-state index contributed by atoms with van der Waals surface area (Å²) >= 11 is 14.4. The SMILES string of the molecule is Cc1ccc(Cl)cc1C(O)c1cc(Br)sc1Br. The predicted octanol–water partition coefficient (Wildman–Crippen LogP) is 5.32. The first-order valence-electron chi connectivity index (χ1n) is 4.88. The molecule has 1 aromatic carbocycles. The molecular formula is C12H9Br2ClOS. The number of aliphatic hydroxyl groups is 1. The van der Waals surface area contributed by atoms with Crippen molar-refractivity contribution < 1.29 is 5.11 Å². The van der Waals surface area contributed by atoms with Crippen LogP contribution in [0.25, 0.3) is 0 Å². The van der Waals surface area contributed by atoms with Gasteiger partial charge in [-0.05, 0) is 68.1 Å². The second-order valence-corrected chi connectivity index (χ2v) is 7.87. The molecule has 1 unspecified atom stereocenters. The maximum atomic E-state index is 10.4. The Morgan fingerprint density at radius 1 is 1.24 bits per heavy atom. The molecule has 0 aliphatic carbocycles. The lowest BCUT2D eigenvalue weighted by Crippen LogP contribution is -2.01. The first kappa shape index (κ1) is 13.6. The van der Waals surface area contributed by atoms with Gasteiger partial charge >= 0.3 is 0 Å². The zero-order chi connectivity index (χ0) is 12.6. The van der Waals surface area contributed by atoms with E-state index in [1.165, 1.54) is 0 Å². The first-order valence-corrected chi connectivity index (χ1v) is 7.66. The topological polar surface area (TPSA) is 20.2 Å². The second-order valence-electron chi connectivity index (χ2n) is 3.68. The van der Waals surface area contributed by atoms with Crippen molar-refractivity contribution in [1.82, 2.24) is 0 Å². The first-order chi connectivity index (χ1) is 7.99. The van der Waals surface area contributed by atoms with E-state index in [1.54, 1.807) is 17.4 Å². The molecule has 90 valence electrons. The van der Waals surface area contributed by atoms with Crippen LogP contribution in [0.3, 0.4) is 0 Å². The van der Waals surface area contributed by atoms with E-state index in [1.807, 2.05) is 25.1 Å². The van der Waals surface area contributed by atoms with Crippen molar-refractivity contribution in [2.75, 3.05) is 0 Å². The van der Waals surface area contributed by atoms with Gasteiger partial charge in [0.25, 0.3) is 0 Å². The van der Waals surface area contributed by atoms with E-state index in [9.17, 15) is 5.11 Å². The minimum atomic E-state index is -0.661. The van der Waals surface area contributed by atoms with Crippen LogP contribution in [-0.4, -0.2) is 5.11 Å². The molecule has 2 rings (SSSR count). The van der Waals surface area contributed by atoms with E-state index in [2.05, 4.69) is 31.9 Å². The predicted molar refractivity (Wildman–Crippen MR) is 80.0 cm³/mol. The molecule has 0 spiro atoms. The van der Waals surface area contributed by atoms with Gasteiger partial charge in [0.2, 0.25) is 0 Å². The summed E-state index contributed by atoms with van der Waals surface area (Å²) < 4.78 is 1.91. The maximum absolute atomic E-state index is 10.4. The van der Waals surface area contributed by atoms with Crippen LogP contribution in [0, 0.1) is 6.92 Å². The van der Waals surface area contributed by atoms with Crippen molar-refractivity contribution in [2.24, 2.45) is 0 Å². The fourth-order valence-corrected chi connectivity index (χ4v) is 4.68. The maximum Gasteiger partial charge on any atom is 0.106 e. The fraction of sp³-hybridized carbons (Fsp3) is 0.167. The molecular weight excluding hydrogens is 387 g/mol. The standard InChI is InChI=1S/C12H9Br2ClOS/c1-6-2-3-7(15)4-8(6)11(16)9-5-10(13)17-12(9)14/h2-5,11,16H,1H3. The number of rotatable bonds is 2. The van der Waals surface area contributed by atoms with Crippen molar-refractivity contribution >= 4 is 54.8 Å². The number of aryl methyl sites for hydroxylation is 1. The van der Waals surface area contributed by atoms with Crippen LogP contribution in [0.4, 0.5) is 0 Å². The van der Waals surface area contributed by atoms with Crippen LogP contribution in [-0.2, 0) is 0 Å². The number of aliphatic hydroxyl groups excluding tert-OH is 1. The van der Waals surface area contributed by atoms with Gasteiger partial charge in [-0.2, -0.15) is 0 Å². The zero-order valence-electron chi connectivity index (χ0n) is 8.88. The van der Waals surface area contributed by atoms with Gasteiger partial charge in [-0.15, -0.1) is 11.3 Å². The number of halogens is 3. The van der Waals surface area contributed by atoms with Crippen molar-refractivity contribution in [1.29, 1.82) is 0 Å². The molecule has 0 saturated heterocycles. The Balaban J connectivity index is 2.46. The van der Waals surface area contributed by atoms with Gasteiger partial charge in [-0.25, -0.2) is 0 Å². The number of thiophene rings is 1. The molecule has 1 atom stereocenters. The number of hydrogen-bond donors (Lipinski definition) is 1. The van der Waals surface area contributed by atoms with Crippen LogP contribution in [0.15, 0.2) is 31.8 Å². The molecule has 17 heavy (non-hydrogen) atoms. The van der Waals surface area contributed by atoms with Crippen LogP contribution in [0.5, 0.6) is 0 Å². The van der Waals surface area contributed by atoms with E-state index in [0.717, 1.165) is 24.3 Å². The highest BCUT2D eigenvalue weighted by Crippen LogP contribution is 2.38. The van der Waals surface area contributed by atoms with Crippen molar-refractivity contribution in [2.45, 2.75) is 13.0 Å². The molecule has 0 bridgehead atoms. The number of benzene rings is 1. The normalized spacial score (nSPS) is 12.8. The Morgan fingerprint density at radius 2 is 1.94 bits per heavy atom. The lowest BCUT2D eigenvalue weighted by atomic mass is 10.00. The monoisotopic (exact) mass is 394 g/mol. The Bertz CT molecular complexity index is 553. The lowest BCUT2D eigenvalue weighted by molar-refractivity contribution is 0.219. The molecule has 0 aliphatic rings. The molecule has 0 aliphatic heterocycles. The molecule has 1 aromatic heterocycles. The second kappa shape index (κ2) is 5.41. The molecule has 0 fully saturated rings. The molecule has 0 saturated carbocycles. The average molecular weight is 397 g/mol. The van der Waals surface area contributed by atoms with Crippen LogP contribution >= 0.6 is 54.8 Å². The highest BCUT2D eigenvalue weighted by molar-refractivity contribution is 9.12. The van der Waals surface area contributed by atoms with E-state index in [-0.39, 0.29) is 0 Å². The lowest BCUT2D eigenvalue weighted by Gasteiger charge is -2.13. The molecule has 1 N–H and O–H groups in total. The largest absolute Gasteiger partial charge is 0.384 e. The zero-order valence-corrected chi connectivity index (χ0v) is 13.6. The summed E-state index contributed by atoms with van der Waals surface area (Å²) in [6.07, 6.45) is -0.661. The summed E-state index contributed by atoms with van der Waals surface area (Å²) in [6, 6.07) is 7.46. The van der Waals surface area contributed by atoms with Crippen LogP contribution < -0.4 is 0 Å². The van der Waals surface area contributed by atoms with Crippen molar-refractivity contribution in [3.05, 3.63) is 53.6 Å². The summed E-state index contributed by atoms with van der Waals surface area (Å²) in [5.41, 5.74) is 2.71. The smallest absolute Gasteiger partial charge is 0.106 e. The van der Waals surface area contributed by atoms with Gasteiger partial charge in [0, 0.05) is 10.6 Å². The van der Waals surface area contributed by atoms with Gasteiger partial charge in [-0.3, -0.25) is 0 Å². The van der Waals surface area contributed by atoms with E-state index in [0.29, 0.717) is 5.02 Å².